The summed E-state index contributed by atoms with van der Waals surface area (Å²) in [6, 6.07) is 10.6. The van der Waals surface area contributed by atoms with Crippen LogP contribution in [0.1, 0.15) is 34.3 Å². The summed E-state index contributed by atoms with van der Waals surface area (Å²) in [5.74, 6) is -2.21. The number of carbonyl (C=O) groups excluding carboxylic acids is 1. The Labute approximate surface area is 128 Å². The Balaban J connectivity index is 1.89. The SMILES string of the molecule is O=C(c1ccc(F)c(F)c1)c1ccccc1CN1CCCC1. The van der Waals surface area contributed by atoms with Crippen LogP contribution in [-0.4, -0.2) is 23.8 Å². The molecule has 3 rings (SSSR count). The van der Waals surface area contributed by atoms with Crippen LogP contribution in [-0.2, 0) is 6.54 Å². The molecule has 1 aliphatic rings. The van der Waals surface area contributed by atoms with Crippen LogP contribution in [0.15, 0.2) is 42.5 Å². The second-order valence-electron chi connectivity index (χ2n) is 5.60. The molecule has 2 aromatic carbocycles. The highest BCUT2D eigenvalue weighted by Gasteiger charge is 2.18. The molecule has 0 amide bonds. The molecular formula is C18H17F2NO. The maximum atomic E-state index is 13.3. The monoisotopic (exact) mass is 301 g/mol. The molecule has 0 bridgehead atoms. The van der Waals surface area contributed by atoms with Gasteiger partial charge in [0.1, 0.15) is 0 Å². The molecule has 1 fully saturated rings. The third-order valence-electron chi connectivity index (χ3n) is 4.04. The van der Waals surface area contributed by atoms with Gasteiger partial charge in [-0.1, -0.05) is 24.3 Å². The average molecular weight is 301 g/mol. The Kier molecular flexibility index (Phi) is 4.29. The van der Waals surface area contributed by atoms with E-state index < -0.39 is 11.6 Å². The topological polar surface area (TPSA) is 20.3 Å². The fourth-order valence-electron chi connectivity index (χ4n) is 2.85. The van der Waals surface area contributed by atoms with Crippen molar-refractivity contribution in [3.63, 3.8) is 0 Å². The van der Waals surface area contributed by atoms with E-state index in [1.54, 1.807) is 12.1 Å². The summed E-state index contributed by atoms with van der Waals surface area (Å²) in [7, 11) is 0. The third kappa shape index (κ3) is 3.07. The standard InChI is InChI=1S/C18H17F2NO/c19-16-8-7-13(11-17(16)20)18(22)15-6-2-1-5-14(15)12-21-9-3-4-10-21/h1-2,5-8,11H,3-4,9-10,12H2. The van der Waals surface area contributed by atoms with Crippen molar-refractivity contribution in [2.75, 3.05) is 13.1 Å². The Morgan fingerprint density at radius 2 is 1.73 bits per heavy atom. The lowest BCUT2D eigenvalue weighted by atomic mass is 9.98. The number of halogens is 2. The quantitative estimate of drug-likeness (QED) is 0.801. The maximum Gasteiger partial charge on any atom is 0.193 e. The van der Waals surface area contributed by atoms with E-state index in [9.17, 15) is 13.6 Å². The first-order valence-electron chi connectivity index (χ1n) is 7.45. The highest BCUT2D eigenvalue weighted by Crippen LogP contribution is 2.20. The van der Waals surface area contributed by atoms with Crippen LogP contribution in [0.3, 0.4) is 0 Å². The third-order valence-corrected chi connectivity index (χ3v) is 4.04. The van der Waals surface area contributed by atoms with E-state index in [1.807, 2.05) is 12.1 Å². The Morgan fingerprint density at radius 3 is 2.45 bits per heavy atom. The summed E-state index contributed by atoms with van der Waals surface area (Å²) in [6.07, 6.45) is 2.36. The maximum absolute atomic E-state index is 13.3. The highest BCUT2D eigenvalue weighted by molar-refractivity contribution is 6.09. The number of carbonyl (C=O) groups is 1. The number of nitrogens with zero attached hydrogens (tertiary/aromatic N) is 1. The molecule has 2 nitrogen and oxygen atoms in total. The van der Waals surface area contributed by atoms with Gasteiger partial charge in [0.05, 0.1) is 0 Å². The molecule has 0 aromatic heterocycles. The molecule has 22 heavy (non-hydrogen) atoms. The Morgan fingerprint density at radius 1 is 1.00 bits per heavy atom. The van der Waals surface area contributed by atoms with Crippen LogP contribution in [0.2, 0.25) is 0 Å². The molecule has 4 heteroatoms. The first-order valence-corrected chi connectivity index (χ1v) is 7.45. The van der Waals surface area contributed by atoms with Gasteiger partial charge in [-0.2, -0.15) is 0 Å². The van der Waals surface area contributed by atoms with Gasteiger partial charge >= 0.3 is 0 Å². The molecule has 0 unspecified atom stereocenters. The van der Waals surface area contributed by atoms with Crippen LogP contribution < -0.4 is 0 Å². The minimum Gasteiger partial charge on any atom is -0.299 e. The molecule has 2 aromatic rings. The first-order chi connectivity index (χ1) is 10.6. The molecule has 0 aliphatic carbocycles. The van der Waals surface area contributed by atoms with Crippen LogP contribution in [0, 0.1) is 11.6 Å². The van der Waals surface area contributed by atoms with E-state index in [0.29, 0.717) is 12.1 Å². The summed E-state index contributed by atoms with van der Waals surface area (Å²) >= 11 is 0. The van der Waals surface area contributed by atoms with E-state index in [0.717, 1.165) is 30.8 Å². The number of likely N-dealkylation sites (tertiary alicyclic amines) is 1. The molecule has 114 valence electrons. The van der Waals surface area contributed by atoms with Gasteiger partial charge in [0.15, 0.2) is 17.4 Å². The van der Waals surface area contributed by atoms with E-state index in [-0.39, 0.29) is 11.3 Å². The van der Waals surface area contributed by atoms with Crippen LogP contribution in [0.5, 0.6) is 0 Å². The molecule has 1 heterocycles. The zero-order valence-electron chi connectivity index (χ0n) is 12.2. The predicted octanol–water partition coefficient (Wildman–Crippen LogP) is 3.79. The van der Waals surface area contributed by atoms with Gasteiger partial charge in [-0.05, 0) is 49.7 Å². The minimum atomic E-state index is -0.997. The molecule has 0 atom stereocenters. The lowest BCUT2D eigenvalue weighted by molar-refractivity contribution is 0.103. The van der Waals surface area contributed by atoms with Gasteiger partial charge in [0.25, 0.3) is 0 Å². The number of benzene rings is 2. The number of rotatable bonds is 4. The Hall–Kier alpha value is -2.07. The molecule has 0 N–H and O–H groups in total. The zero-order chi connectivity index (χ0) is 15.5. The van der Waals surface area contributed by atoms with Crippen molar-refractivity contribution in [3.05, 3.63) is 70.8 Å². The molecule has 1 aliphatic heterocycles. The van der Waals surface area contributed by atoms with Crippen molar-refractivity contribution in [3.8, 4) is 0 Å². The summed E-state index contributed by atoms with van der Waals surface area (Å²) in [5, 5.41) is 0. The summed E-state index contributed by atoms with van der Waals surface area (Å²) in [4.78, 5) is 14.9. The molecule has 0 spiro atoms. The van der Waals surface area contributed by atoms with Gasteiger partial charge in [-0.3, -0.25) is 9.69 Å². The largest absolute Gasteiger partial charge is 0.299 e. The summed E-state index contributed by atoms with van der Waals surface area (Å²) in [5.41, 5.74) is 1.66. The second-order valence-corrected chi connectivity index (χ2v) is 5.60. The first kappa shape index (κ1) is 14.9. The minimum absolute atomic E-state index is 0.174. The number of ketones is 1. The lowest BCUT2D eigenvalue weighted by Crippen LogP contribution is -2.20. The van der Waals surface area contributed by atoms with Gasteiger partial charge in [-0.15, -0.1) is 0 Å². The van der Waals surface area contributed by atoms with E-state index in [1.165, 1.54) is 18.9 Å². The number of hydrogen-bond acceptors (Lipinski definition) is 2. The molecular weight excluding hydrogens is 284 g/mol. The normalized spacial score (nSPS) is 15.2. The van der Waals surface area contributed by atoms with Gasteiger partial charge in [0, 0.05) is 17.7 Å². The second kappa shape index (κ2) is 6.36. The van der Waals surface area contributed by atoms with Gasteiger partial charge in [0.2, 0.25) is 0 Å². The van der Waals surface area contributed by atoms with Crippen molar-refractivity contribution >= 4 is 5.78 Å². The lowest BCUT2D eigenvalue weighted by Gasteiger charge is -2.17. The van der Waals surface area contributed by atoms with Gasteiger partial charge < -0.3 is 0 Å². The smallest absolute Gasteiger partial charge is 0.193 e. The van der Waals surface area contributed by atoms with Crippen molar-refractivity contribution in [1.82, 2.24) is 4.90 Å². The molecule has 0 radical (unpaired) electrons. The van der Waals surface area contributed by atoms with Crippen molar-refractivity contribution in [2.45, 2.75) is 19.4 Å². The Bertz CT molecular complexity index is 693. The van der Waals surface area contributed by atoms with Gasteiger partial charge in [-0.25, -0.2) is 8.78 Å². The van der Waals surface area contributed by atoms with Crippen molar-refractivity contribution in [2.24, 2.45) is 0 Å². The average Bonchev–Trinajstić information content (AvgIpc) is 3.03. The fourth-order valence-corrected chi connectivity index (χ4v) is 2.85. The zero-order valence-corrected chi connectivity index (χ0v) is 12.2. The van der Waals surface area contributed by atoms with Crippen LogP contribution in [0.4, 0.5) is 8.78 Å². The molecule has 1 saturated heterocycles. The highest BCUT2D eigenvalue weighted by atomic mass is 19.2. The van der Waals surface area contributed by atoms with Crippen LogP contribution in [0.25, 0.3) is 0 Å². The predicted molar refractivity (Wildman–Crippen MR) is 80.7 cm³/mol. The summed E-state index contributed by atoms with van der Waals surface area (Å²) < 4.78 is 26.4. The van der Waals surface area contributed by atoms with Crippen molar-refractivity contribution in [1.29, 1.82) is 0 Å². The summed E-state index contributed by atoms with van der Waals surface area (Å²) in [6.45, 7) is 2.78. The van der Waals surface area contributed by atoms with Crippen molar-refractivity contribution < 1.29 is 13.6 Å². The fraction of sp³-hybridized carbons (Fsp3) is 0.278. The number of hydrogen-bond donors (Lipinski definition) is 0. The van der Waals surface area contributed by atoms with E-state index in [2.05, 4.69) is 4.90 Å². The van der Waals surface area contributed by atoms with E-state index >= 15 is 0 Å². The molecule has 0 saturated carbocycles. The van der Waals surface area contributed by atoms with Crippen LogP contribution >= 0.6 is 0 Å². The van der Waals surface area contributed by atoms with E-state index in [4.69, 9.17) is 0 Å².